The van der Waals surface area contributed by atoms with E-state index in [-0.39, 0.29) is 30.2 Å². The van der Waals surface area contributed by atoms with Crippen LogP contribution in [0.3, 0.4) is 0 Å². The summed E-state index contributed by atoms with van der Waals surface area (Å²) in [6.07, 6.45) is 0.149. The topological polar surface area (TPSA) is 112 Å². The lowest BCUT2D eigenvalue weighted by atomic mass is 9.85. The van der Waals surface area contributed by atoms with Gasteiger partial charge in [0.15, 0.2) is 0 Å². The molecule has 0 aliphatic rings. The van der Waals surface area contributed by atoms with Gasteiger partial charge in [0.05, 0.1) is 23.1 Å². The maximum atomic E-state index is 12.2. The van der Waals surface area contributed by atoms with Gasteiger partial charge in [0.1, 0.15) is 5.82 Å². The number of amides is 1. The van der Waals surface area contributed by atoms with Gasteiger partial charge in [-0.2, -0.15) is 11.8 Å². The van der Waals surface area contributed by atoms with Gasteiger partial charge in [-0.05, 0) is 25.0 Å². The number of aromatic nitrogens is 2. The largest absolute Gasteiger partial charge is 0.481 e. The summed E-state index contributed by atoms with van der Waals surface area (Å²) >= 11 is 1.49. The van der Waals surface area contributed by atoms with Gasteiger partial charge in [-0.3, -0.25) is 14.4 Å². The number of carbonyl (C=O) groups is 2. The number of hydrogen-bond donors (Lipinski definition) is 3. The maximum Gasteiger partial charge on any atom is 0.305 e. The van der Waals surface area contributed by atoms with Crippen LogP contribution in [0.2, 0.25) is 0 Å². The van der Waals surface area contributed by atoms with Crippen molar-refractivity contribution >= 4 is 34.5 Å². The zero-order chi connectivity index (χ0) is 20.0. The third-order valence-electron chi connectivity index (χ3n) is 4.59. The van der Waals surface area contributed by atoms with Crippen LogP contribution >= 0.6 is 11.8 Å². The molecule has 1 aromatic carbocycles. The highest BCUT2D eigenvalue weighted by Gasteiger charge is 2.32. The molecule has 2 rings (SSSR count). The average Bonchev–Trinajstić information content (AvgIpc) is 2.58. The SMILES string of the molecule is CC(C)C(C)(CC(=O)O)NC(=O)CCSCc1nc2ccccc2c(=O)[nH]1. The van der Waals surface area contributed by atoms with Crippen molar-refractivity contribution in [2.75, 3.05) is 5.75 Å². The number of aromatic amines is 1. The molecule has 1 atom stereocenters. The van der Waals surface area contributed by atoms with E-state index in [9.17, 15) is 14.4 Å². The fourth-order valence-electron chi connectivity index (χ4n) is 2.62. The lowest BCUT2D eigenvalue weighted by Gasteiger charge is -2.33. The molecular weight excluding hydrogens is 366 g/mol. The smallest absolute Gasteiger partial charge is 0.305 e. The van der Waals surface area contributed by atoms with Crippen molar-refractivity contribution < 1.29 is 14.7 Å². The van der Waals surface area contributed by atoms with Gasteiger partial charge in [0.25, 0.3) is 5.56 Å². The van der Waals surface area contributed by atoms with Crippen LogP contribution in [0.4, 0.5) is 0 Å². The monoisotopic (exact) mass is 391 g/mol. The number of hydrogen-bond acceptors (Lipinski definition) is 5. The number of carboxylic acids is 1. The molecule has 0 saturated heterocycles. The predicted molar refractivity (Wildman–Crippen MR) is 107 cm³/mol. The Bertz CT molecular complexity index is 881. The number of rotatable bonds is 9. The molecule has 2 aromatic rings. The molecule has 0 spiro atoms. The Balaban J connectivity index is 1.86. The molecule has 1 aromatic heterocycles. The zero-order valence-corrected chi connectivity index (χ0v) is 16.6. The first kappa shape index (κ1) is 21.0. The molecule has 0 fully saturated rings. The van der Waals surface area contributed by atoms with Gasteiger partial charge in [-0.25, -0.2) is 4.98 Å². The summed E-state index contributed by atoms with van der Waals surface area (Å²) in [5.74, 6) is 0.485. The maximum absolute atomic E-state index is 12.2. The van der Waals surface area contributed by atoms with Crippen LogP contribution in [0.15, 0.2) is 29.1 Å². The third kappa shape index (κ3) is 5.82. The summed E-state index contributed by atoms with van der Waals surface area (Å²) in [6.45, 7) is 5.53. The van der Waals surface area contributed by atoms with Crippen LogP contribution in [0.1, 0.15) is 39.4 Å². The van der Waals surface area contributed by atoms with Crippen LogP contribution in [0.5, 0.6) is 0 Å². The number of aliphatic carboxylic acids is 1. The van der Waals surface area contributed by atoms with E-state index in [1.807, 2.05) is 19.9 Å². The highest BCUT2D eigenvalue weighted by molar-refractivity contribution is 7.98. The molecule has 0 aliphatic heterocycles. The Labute approximate surface area is 162 Å². The van der Waals surface area contributed by atoms with E-state index in [2.05, 4.69) is 15.3 Å². The van der Waals surface area contributed by atoms with E-state index in [0.717, 1.165) is 0 Å². The van der Waals surface area contributed by atoms with Crippen molar-refractivity contribution in [3.8, 4) is 0 Å². The van der Waals surface area contributed by atoms with E-state index in [1.165, 1.54) is 11.8 Å². The van der Waals surface area contributed by atoms with Gasteiger partial charge in [-0.1, -0.05) is 26.0 Å². The van der Waals surface area contributed by atoms with E-state index < -0.39 is 11.5 Å². The van der Waals surface area contributed by atoms with Gasteiger partial charge in [0.2, 0.25) is 5.91 Å². The van der Waals surface area contributed by atoms with Crippen LogP contribution in [-0.4, -0.2) is 38.2 Å². The average molecular weight is 391 g/mol. The number of carbonyl (C=O) groups excluding carboxylic acids is 1. The first-order valence-corrected chi connectivity index (χ1v) is 9.95. The number of fused-ring (bicyclic) bond motifs is 1. The quantitative estimate of drug-likeness (QED) is 0.566. The second kappa shape index (κ2) is 9.03. The van der Waals surface area contributed by atoms with Crippen LogP contribution in [0.25, 0.3) is 10.9 Å². The highest BCUT2D eigenvalue weighted by Crippen LogP contribution is 2.21. The summed E-state index contributed by atoms with van der Waals surface area (Å²) in [4.78, 5) is 42.5. The summed E-state index contributed by atoms with van der Waals surface area (Å²) in [5.41, 5.74) is -0.301. The van der Waals surface area contributed by atoms with Gasteiger partial charge in [-0.15, -0.1) is 0 Å². The fraction of sp³-hybridized carbons (Fsp3) is 0.474. The number of nitrogens with zero attached hydrogens (tertiary/aromatic N) is 1. The molecule has 8 heteroatoms. The van der Waals surface area contributed by atoms with E-state index >= 15 is 0 Å². The number of thioether (sulfide) groups is 1. The van der Waals surface area contributed by atoms with Crippen molar-refractivity contribution in [3.63, 3.8) is 0 Å². The minimum absolute atomic E-state index is 0.00271. The Hall–Kier alpha value is -2.35. The molecule has 27 heavy (non-hydrogen) atoms. The molecule has 146 valence electrons. The molecule has 1 unspecified atom stereocenters. The summed E-state index contributed by atoms with van der Waals surface area (Å²) < 4.78 is 0. The molecular formula is C19H25N3O4S. The Morgan fingerprint density at radius 3 is 2.70 bits per heavy atom. The molecule has 1 heterocycles. The van der Waals surface area contributed by atoms with Crippen molar-refractivity contribution in [1.29, 1.82) is 0 Å². The number of nitrogens with one attached hydrogen (secondary N) is 2. The predicted octanol–water partition coefficient (Wildman–Crippen LogP) is 2.55. The van der Waals surface area contributed by atoms with Gasteiger partial charge < -0.3 is 15.4 Å². The van der Waals surface area contributed by atoms with E-state index in [0.29, 0.717) is 28.2 Å². The minimum atomic E-state index is -0.938. The summed E-state index contributed by atoms with van der Waals surface area (Å²) in [6, 6.07) is 7.15. The molecule has 1 amide bonds. The lowest BCUT2D eigenvalue weighted by Crippen LogP contribution is -2.51. The van der Waals surface area contributed by atoms with Crippen molar-refractivity contribution in [3.05, 3.63) is 40.4 Å². The number of benzene rings is 1. The van der Waals surface area contributed by atoms with Gasteiger partial charge >= 0.3 is 5.97 Å². The van der Waals surface area contributed by atoms with Crippen LogP contribution in [-0.2, 0) is 15.3 Å². The van der Waals surface area contributed by atoms with Gasteiger partial charge in [0, 0.05) is 17.7 Å². The summed E-state index contributed by atoms with van der Waals surface area (Å²) in [7, 11) is 0. The third-order valence-corrected chi connectivity index (χ3v) is 5.56. The zero-order valence-electron chi connectivity index (χ0n) is 15.7. The first-order valence-electron chi connectivity index (χ1n) is 8.80. The van der Waals surface area contributed by atoms with E-state index in [1.54, 1.807) is 25.1 Å². The minimum Gasteiger partial charge on any atom is -0.481 e. The number of carboxylic acid groups (broad SMARTS) is 1. The highest BCUT2D eigenvalue weighted by atomic mass is 32.2. The Morgan fingerprint density at radius 1 is 1.33 bits per heavy atom. The molecule has 0 bridgehead atoms. The number of H-pyrrole nitrogens is 1. The van der Waals surface area contributed by atoms with E-state index in [4.69, 9.17) is 5.11 Å². The standard InChI is InChI=1S/C19H25N3O4S/c1-12(2)19(3,10-17(24)25)22-16(23)8-9-27-11-15-20-14-7-5-4-6-13(14)18(26)21-15/h4-7,12H,8-11H2,1-3H3,(H,22,23)(H,24,25)(H,20,21,26). The second-order valence-corrected chi connectivity index (χ2v) is 8.13. The first-order chi connectivity index (χ1) is 12.7. The van der Waals surface area contributed by atoms with Crippen LogP contribution in [0, 0.1) is 5.92 Å². The molecule has 0 radical (unpaired) electrons. The summed E-state index contributed by atoms with van der Waals surface area (Å²) in [5, 5.41) is 12.5. The van der Waals surface area contributed by atoms with Crippen molar-refractivity contribution in [2.24, 2.45) is 5.92 Å². The molecule has 0 saturated carbocycles. The van der Waals surface area contributed by atoms with Crippen molar-refractivity contribution in [2.45, 2.75) is 44.9 Å². The van der Waals surface area contributed by atoms with Crippen molar-refractivity contribution in [1.82, 2.24) is 15.3 Å². The number of para-hydroxylation sites is 1. The second-order valence-electron chi connectivity index (χ2n) is 7.02. The fourth-order valence-corrected chi connectivity index (χ4v) is 3.43. The normalized spacial score (nSPS) is 13.5. The molecule has 7 nitrogen and oxygen atoms in total. The Kier molecular flexibility index (Phi) is 7.01. The Morgan fingerprint density at radius 2 is 2.04 bits per heavy atom. The lowest BCUT2D eigenvalue weighted by molar-refractivity contribution is -0.139. The van der Waals surface area contributed by atoms with Crippen LogP contribution < -0.4 is 10.9 Å². The molecule has 0 aliphatic carbocycles. The molecule has 3 N–H and O–H groups in total.